The van der Waals surface area contributed by atoms with E-state index >= 15 is 0 Å². The van der Waals surface area contributed by atoms with Crippen molar-refractivity contribution in [1.82, 2.24) is 0 Å². The van der Waals surface area contributed by atoms with Crippen molar-refractivity contribution < 1.29 is 9.18 Å². The molecular weight excluding hydrogens is 221 g/mol. The number of nitrogens with two attached hydrogens (primary N) is 1. The smallest absolute Gasteiger partial charge is 0.223 e. The number of benzene rings is 1. The molecule has 17 heavy (non-hydrogen) atoms. The minimum Gasteiger partial charge on any atom is -0.369 e. The highest BCUT2D eigenvalue weighted by atomic mass is 19.1. The summed E-state index contributed by atoms with van der Waals surface area (Å²) in [6, 6.07) is 9.07. The first-order valence-corrected chi connectivity index (χ1v) is 4.94. The zero-order chi connectivity index (χ0) is 12.6. The van der Waals surface area contributed by atoms with Crippen molar-refractivity contribution in [3.63, 3.8) is 0 Å². The number of amides is 1. The summed E-state index contributed by atoms with van der Waals surface area (Å²) in [6.07, 6.45) is 0. The van der Waals surface area contributed by atoms with Gasteiger partial charge in [0.15, 0.2) is 5.41 Å². The molecule has 0 heterocycles. The molecule has 1 aliphatic rings. The number of hydrogen-bond donors (Lipinski definition) is 1. The first-order valence-electron chi connectivity index (χ1n) is 4.94. The van der Waals surface area contributed by atoms with E-state index in [1.54, 1.807) is 0 Å². The van der Waals surface area contributed by atoms with Crippen LogP contribution in [0.1, 0.15) is 11.5 Å². The standard InChI is InChI=1S/C12H8FN3O/c13-8-3-1-7(2-4-8)9-10(11(16)17)12(9,5-14)6-15/h1-4,9-10H,(H2,16,17)/t9-,10-/m1/s1. The number of carbonyl (C=O) groups is 1. The average Bonchev–Trinajstić information content (AvgIpc) is 3.00. The van der Waals surface area contributed by atoms with E-state index in [9.17, 15) is 9.18 Å². The molecule has 0 spiro atoms. The Labute approximate surface area is 97.1 Å². The Bertz CT molecular complexity index is 539. The molecule has 0 aliphatic heterocycles. The molecule has 2 atom stereocenters. The summed E-state index contributed by atoms with van der Waals surface area (Å²) in [5.41, 5.74) is 4.35. The van der Waals surface area contributed by atoms with Gasteiger partial charge in [0.1, 0.15) is 5.82 Å². The van der Waals surface area contributed by atoms with Crippen molar-refractivity contribution in [3.05, 3.63) is 35.6 Å². The Kier molecular flexibility index (Phi) is 2.33. The Morgan fingerprint density at radius 2 is 1.82 bits per heavy atom. The lowest BCUT2D eigenvalue weighted by Crippen LogP contribution is -2.17. The largest absolute Gasteiger partial charge is 0.369 e. The highest BCUT2D eigenvalue weighted by Crippen LogP contribution is 2.63. The normalized spacial score (nSPS) is 24.4. The highest BCUT2D eigenvalue weighted by Gasteiger charge is 2.70. The van der Waals surface area contributed by atoms with Crippen LogP contribution in [0.25, 0.3) is 0 Å². The van der Waals surface area contributed by atoms with Crippen LogP contribution < -0.4 is 5.73 Å². The Balaban J connectivity index is 2.41. The van der Waals surface area contributed by atoms with E-state index in [0.717, 1.165) is 0 Å². The van der Waals surface area contributed by atoms with Crippen LogP contribution in [0.5, 0.6) is 0 Å². The van der Waals surface area contributed by atoms with E-state index in [2.05, 4.69) is 0 Å². The van der Waals surface area contributed by atoms with Crippen LogP contribution in [-0.2, 0) is 4.79 Å². The SMILES string of the molecule is N#CC1(C#N)[C@H](c2ccc(F)cc2)[C@@H]1C(N)=O. The molecule has 0 bridgehead atoms. The summed E-state index contributed by atoms with van der Waals surface area (Å²) < 4.78 is 12.8. The second-order valence-electron chi connectivity index (χ2n) is 4.00. The van der Waals surface area contributed by atoms with Crippen molar-refractivity contribution in [1.29, 1.82) is 10.5 Å². The Hall–Kier alpha value is -2.40. The van der Waals surface area contributed by atoms with Crippen molar-refractivity contribution in [3.8, 4) is 12.1 Å². The molecule has 1 aliphatic carbocycles. The van der Waals surface area contributed by atoms with Gasteiger partial charge in [-0.3, -0.25) is 4.79 Å². The lowest BCUT2D eigenvalue weighted by molar-refractivity contribution is -0.119. The minimum atomic E-state index is -1.40. The Morgan fingerprint density at radius 1 is 1.29 bits per heavy atom. The molecule has 2 rings (SSSR count). The predicted molar refractivity (Wildman–Crippen MR) is 55.5 cm³/mol. The van der Waals surface area contributed by atoms with Gasteiger partial charge in [0, 0.05) is 5.92 Å². The van der Waals surface area contributed by atoms with Crippen LogP contribution in [0.15, 0.2) is 24.3 Å². The van der Waals surface area contributed by atoms with Crippen molar-refractivity contribution in [2.24, 2.45) is 17.1 Å². The Morgan fingerprint density at radius 3 is 2.18 bits per heavy atom. The van der Waals surface area contributed by atoms with Crippen LogP contribution in [0.3, 0.4) is 0 Å². The van der Waals surface area contributed by atoms with Gasteiger partial charge in [-0.1, -0.05) is 12.1 Å². The van der Waals surface area contributed by atoms with Gasteiger partial charge in [-0.25, -0.2) is 4.39 Å². The molecule has 0 radical (unpaired) electrons. The molecule has 5 heteroatoms. The van der Waals surface area contributed by atoms with E-state index in [4.69, 9.17) is 16.3 Å². The molecule has 4 nitrogen and oxygen atoms in total. The first kappa shape index (κ1) is 11.1. The van der Waals surface area contributed by atoms with Gasteiger partial charge in [-0.05, 0) is 17.7 Å². The van der Waals surface area contributed by atoms with Crippen molar-refractivity contribution in [2.75, 3.05) is 0 Å². The van der Waals surface area contributed by atoms with Gasteiger partial charge in [0.05, 0.1) is 18.1 Å². The van der Waals surface area contributed by atoms with E-state index in [0.29, 0.717) is 5.56 Å². The summed E-state index contributed by atoms with van der Waals surface area (Å²) in [6.45, 7) is 0. The van der Waals surface area contributed by atoms with Crippen LogP contribution >= 0.6 is 0 Å². The van der Waals surface area contributed by atoms with E-state index in [-0.39, 0.29) is 0 Å². The van der Waals surface area contributed by atoms with Crippen LogP contribution in [0.4, 0.5) is 4.39 Å². The molecule has 0 unspecified atom stereocenters. The fourth-order valence-electron chi connectivity index (χ4n) is 2.21. The second kappa shape index (κ2) is 3.57. The third-order valence-electron chi connectivity index (χ3n) is 3.11. The molecule has 1 fully saturated rings. The lowest BCUT2D eigenvalue weighted by atomic mass is 10.0. The fraction of sp³-hybridized carbons (Fsp3) is 0.250. The number of primary amides is 1. The van der Waals surface area contributed by atoms with Gasteiger partial charge >= 0.3 is 0 Å². The third kappa shape index (κ3) is 1.44. The number of rotatable bonds is 2. The fourth-order valence-corrected chi connectivity index (χ4v) is 2.21. The maximum absolute atomic E-state index is 12.8. The quantitative estimate of drug-likeness (QED) is 0.821. The molecular formula is C12H8FN3O. The molecule has 1 aromatic carbocycles. The number of nitrogens with zero attached hydrogens (tertiary/aromatic N) is 2. The monoisotopic (exact) mass is 229 g/mol. The maximum atomic E-state index is 12.8. The molecule has 1 amide bonds. The van der Waals surface area contributed by atoms with Gasteiger partial charge in [0.2, 0.25) is 5.91 Å². The summed E-state index contributed by atoms with van der Waals surface area (Å²) in [4.78, 5) is 11.2. The van der Waals surface area contributed by atoms with Crippen LogP contribution in [0.2, 0.25) is 0 Å². The summed E-state index contributed by atoms with van der Waals surface area (Å²) in [5, 5.41) is 18.0. The van der Waals surface area contributed by atoms with E-state index in [1.807, 2.05) is 12.1 Å². The maximum Gasteiger partial charge on any atom is 0.223 e. The number of halogens is 1. The molecule has 0 aromatic heterocycles. The number of hydrogen-bond acceptors (Lipinski definition) is 3. The lowest BCUT2D eigenvalue weighted by Gasteiger charge is -1.98. The summed E-state index contributed by atoms with van der Waals surface area (Å²) in [7, 11) is 0. The molecule has 2 N–H and O–H groups in total. The van der Waals surface area contributed by atoms with Gasteiger partial charge in [-0.15, -0.1) is 0 Å². The zero-order valence-electron chi connectivity index (χ0n) is 8.72. The number of carbonyl (C=O) groups excluding carboxylic acids is 1. The van der Waals surface area contributed by atoms with Crippen molar-refractivity contribution in [2.45, 2.75) is 5.92 Å². The predicted octanol–water partition coefficient (Wildman–Crippen LogP) is 1.06. The van der Waals surface area contributed by atoms with Crippen LogP contribution in [0, 0.1) is 39.8 Å². The molecule has 1 saturated carbocycles. The van der Waals surface area contributed by atoms with E-state index in [1.165, 1.54) is 24.3 Å². The molecule has 1 aromatic rings. The average molecular weight is 229 g/mol. The highest BCUT2D eigenvalue weighted by molar-refractivity contribution is 5.85. The summed E-state index contributed by atoms with van der Waals surface area (Å²) >= 11 is 0. The van der Waals surface area contributed by atoms with Gasteiger partial charge in [0.25, 0.3) is 0 Å². The minimum absolute atomic E-state index is 0.412. The topological polar surface area (TPSA) is 90.7 Å². The zero-order valence-corrected chi connectivity index (χ0v) is 8.72. The van der Waals surface area contributed by atoms with Crippen LogP contribution in [-0.4, -0.2) is 5.91 Å². The molecule has 0 saturated heterocycles. The number of nitriles is 2. The molecule has 84 valence electrons. The van der Waals surface area contributed by atoms with E-state index < -0.39 is 29.0 Å². The second-order valence-corrected chi connectivity index (χ2v) is 4.00. The third-order valence-corrected chi connectivity index (χ3v) is 3.11. The van der Waals surface area contributed by atoms with Gasteiger partial charge in [-0.2, -0.15) is 10.5 Å². The van der Waals surface area contributed by atoms with Gasteiger partial charge < -0.3 is 5.73 Å². The first-order chi connectivity index (χ1) is 8.06. The summed E-state index contributed by atoms with van der Waals surface area (Å²) in [5.74, 6) is -2.47. The van der Waals surface area contributed by atoms with Crippen molar-refractivity contribution >= 4 is 5.91 Å².